The molecule has 0 aliphatic heterocycles. The van der Waals surface area contributed by atoms with Crippen LogP contribution in [0.2, 0.25) is 0 Å². The number of nitrogens with zero attached hydrogens (tertiary/aromatic N) is 2. The van der Waals surface area contributed by atoms with Gasteiger partial charge in [0.15, 0.2) is 0 Å². The van der Waals surface area contributed by atoms with E-state index in [2.05, 4.69) is 4.98 Å². The summed E-state index contributed by atoms with van der Waals surface area (Å²) in [5.74, 6) is 0.148. The van der Waals surface area contributed by atoms with Crippen LogP contribution in [0.4, 0.5) is 0 Å². The lowest BCUT2D eigenvalue weighted by Gasteiger charge is -2.08. The molecule has 0 atom stereocenters. The predicted molar refractivity (Wildman–Crippen MR) is 66.2 cm³/mol. The lowest BCUT2D eigenvalue weighted by Crippen LogP contribution is -2.05. The van der Waals surface area contributed by atoms with Gasteiger partial charge in [0.25, 0.3) is 0 Å². The Bertz CT molecular complexity index is 575. The topological polar surface area (TPSA) is 64.4 Å². The van der Waals surface area contributed by atoms with E-state index in [0.29, 0.717) is 17.3 Å². The molecule has 1 N–H and O–H groups in total. The molecule has 0 aliphatic carbocycles. The number of aromatic nitrogens is 2. The summed E-state index contributed by atoms with van der Waals surface area (Å²) in [5, 5.41) is 8.79. The first kappa shape index (κ1) is 12.2. The number of rotatable bonds is 4. The average Bonchev–Trinajstić information content (AvgIpc) is 2.75. The Labute approximate surface area is 105 Å². The fourth-order valence-corrected chi connectivity index (χ4v) is 1.72. The molecule has 0 aromatic carbocycles. The Balaban J connectivity index is 2.38. The third kappa shape index (κ3) is 2.51. The van der Waals surface area contributed by atoms with Gasteiger partial charge in [-0.1, -0.05) is 0 Å². The summed E-state index contributed by atoms with van der Waals surface area (Å²) in [5.41, 5.74) is 1.70. The SMILES string of the molecule is COc1nc(-n2ccc(C)c2)ccc1CC(=O)O. The highest BCUT2D eigenvalue weighted by atomic mass is 16.5. The quantitative estimate of drug-likeness (QED) is 0.893. The minimum atomic E-state index is -0.903. The number of methoxy groups -OCH3 is 1. The van der Waals surface area contributed by atoms with Crippen molar-refractivity contribution in [1.29, 1.82) is 0 Å². The van der Waals surface area contributed by atoms with Crippen molar-refractivity contribution >= 4 is 5.97 Å². The number of carboxylic acids is 1. The van der Waals surface area contributed by atoms with Gasteiger partial charge in [-0.05, 0) is 30.7 Å². The van der Waals surface area contributed by atoms with Gasteiger partial charge < -0.3 is 14.4 Å². The summed E-state index contributed by atoms with van der Waals surface area (Å²) in [6.45, 7) is 1.99. The van der Waals surface area contributed by atoms with Crippen molar-refractivity contribution < 1.29 is 14.6 Å². The van der Waals surface area contributed by atoms with Crippen molar-refractivity contribution in [3.05, 3.63) is 41.7 Å². The number of pyridine rings is 1. The molecule has 5 nitrogen and oxygen atoms in total. The smallest absolute Gasteiger partial charge is 0.308 e. The maximum absolute atomic E-state index is 10.7. The molecule has 2 aromatic rings. The van der Waals surface area contributed by atoms with E-state index in [4.69, 9.17) is 9.84 Å². The van der Waals surface area contributed by atoms with Crippen LogP contribution in [0.5, 0.6) is 5.88 Å². The van der Waals surface area contributed by atoms with E-state index >= 15 is 0 Å². The zero-order valence-electron chi connectivity index (χ0n) is 10.3. The van der Waals surface area contributed by atoms with Gasteiger partial charge in [0.2, 0.25) is 5.88 Å². The Kier molecular flexibility index (Phi) is 3.32. The van der Waals surface area contributed by atoms with Crippen LogP contribution in [0.3, 0.4) is 0 Å². The molecule has 0 spiro atoms. The van der Waals surface area contributed by atoms with Gasteiger partial charge in [-0.25, -0.2) is 0 Å². The van der Waals surface area contributed by atoms with Crippen molar-refractivity contribution in [1.82, 2.24) is 9.55 Å². The van der Waals surface area contributed by atoms with Gasteiger partial charge in [-0.2, -0.15) is 4.98 Å². The van der Waals surface area contributed by atoms with Gasteiger partial charge in [-0.3, -0.25) is 4.79 Å². The van der Waals surface area contributed by atoms with E-state index in [0.717, 1.165) is 5.56 Å². The van der Waals surface area contributed by atoms with E-state index in [-0.39, 0.29) is 6.42 Å². The van der Waals surface area contributed by atoms with Gasteiger partial charge in [-0.15, -0.1) is 0 Å². The minimum absolute atomic E-state index is 0.0961. The lowest BCUT2D eigenvalue weighted by molar-refractivity contribution is -0.136. The standard InChI is InChI=1S/C13H14N2O3/c1-9-5-6-15(8-9)11-4-3-10(7-12(16)17)13(14-11)18-2/h3-6,8H,7H2,1-2H3,(H,16,17). The number of aliphatic carboxylic acids is 1. The zero-order valence-corrected chi connectivity index (χ0v) is 10.3. The van der Waals surface area contributed by atoms with E-state index in [1.165, 1.54) is 7.11 Å². The molecule has 0 radical (unpaired) electrons. The molecule has 94 valence electrons. The molecule has 0 unspecified atom stereocenters. The van der Waals surface area contributed by atoms with Gasteiger partial charge in [0, 0.05) is 18.0 Å². The number of hydrogen-bond acceptors (Lipinski definition) is 3. The van der Waals surface area contributed by atoms with Crippen LogP contribution in [-0.2, 0) is 11.2 Å². The third-order valence-electron chi connectivity index (χ3n) is 2.56. The van der Waals surface area contributed by atoms with E-state index < -0.39 is 5.97 Å². The Hall–Kier alpha value is -2.30. The van der Waals surface area contributed by atoms with Crippen molar-refractivity contribution in [2.24, 2.45) is 0 Å². The van der Waals surface area contributed by atoms with E-state index in [9.17, 15) is 4.79 Å². The van der Waals surface area contributed by atoms with Crippen LogP contribution in [0.1, 0.15) is 11.1 Å². The number of aryl methyl sites for hydroxylation is 1. The Morgan fingerprint density at radius 3 is 2.78 bits per heavy atom. The molecule has 0 saturated carbocycles. The first-order valence-corrected chi connectivity index (χ1v) is 5.51. The van der Waals surface area contributed by atoms with Crippen LogP contribution >= 0.6 is 0 Å². The van der Waals surface area contributed by atoms with E-state index in [1.807, 2.05) is 30.0 Å². The molecule has 5 heteroatoms. The van der Waals surface area contributed by atoms with Crippen LogP contribution in [0.25, 0.3) is 5.82 Å². The maximum atomic E-state index is 10.7. The molecule has 2 rings (SSSR count). The molecule has 0 saturated heterocycles. The first-order valence-electron chi connectivity index (χ1n) is 5.51. The fraction of sp³-hybridized carbons (Fsp3) is 0.231. The second kappa shape index (κ2) is 4.91. The predicted octanol–water partition coefficient (Wildman–Crippen LogP) is 1.82. The molecule has 0 aliphatic rings. The van der Waals surface area contributed by atoms with Crippen LogP contribution in [-0.4, -0.2) is 27.7 Å². The number of hydrogen-bond donors (Lipinski definition) is 1. The third-order valence-corrected chi connectivity index (χ3v) is 2.56. The average molecular weight is 246 g/mol. The highest BCUT2D eigenvalue weighted by Gasteiger charge is 2.10. The van der Waals surface area contributed by atoms with Crippen molar-refractivity contribution in [2.75, 3.05) is 7.11 Å². The summed E-state index contributed by atoms with van der Waals surface area (Å²) in [7, 11) is 1.48. The molecular formula is C13H14N2O3. The first-order chi connectivity index (χ1) is 8.60. The Morgan fingerprint density at radius 1 is 1.44 bits per heavy atom. The Morgan fingerprint density at radius 2 is 2.22 bits per heavy atom. The molecule has 18 heavy (non-hydrogen) atoms. The van der Waals surface area contributed by atoms with Crippen molar-refractivity contribution in [3.63, 3.8) is 0 Å². The number of carboxylic acid groups (broad SMARTS) is 1. The van der Waals surface area contributed by atoms with Gasteiger partial charge in [0.1, 0.15) is 5.82 Å². The molecule has 0 amide bonds. The molecule has 0 bridgehead atoms. The molecular weight excluding hydrogens is 232 g/mol. The monoisotopic (exact) mass is 246 g/mol. The second-order valence-electron chi connectivity index (χ2n) is 4.00. The molecule has 0 fully saturated rings. The number of carbonyl (C=O) groups is 1. The summed E-state index contributed by atoms with van der Waals surface area (Å²) in [6, 6.07) is 5.48. The summed E-state index contributed by atoms with van der Waals surface area (Å²) >= 11 is 0. The lowest BCUT2D eigenvalue weighted by atomic mass is 10.2. The molecule has 2 heterocycles. The van der Waals surface area contributed by atoms with Gasteiger partial charge in [0.05, 0.1) is 13.5 Å². The summed E-state index contributed by atoms with van der Waals surface area (Å²) in [6.07, 6.45) is 3.74. The summed E-state index contributed by atoms with van der Waals surface area (Å²) < 4.78 is 6.99. The largest absolute Gasteiger partial charge is 0.481 e. The zero-order chi connectivity index (χ0) is 13.1. The number of ether oxygens (including phenoxy) is 1. The van der Waals surface area contributed by atoms with Crippen LogP contribution in [0, 0.1) is 6.92 Å². The second-order valence-corrected chi connectivity index (χ2v) is 4.00. The van der Waals surface area contributed by atoms with Crippen molar-refractivity contribution in [2.45, 2.75) is 13.3 Å². The van der Waals surface area contributed by atoms with Gasteiger partial charge >= 0.3 is 5.97 Å². The van der Waals surface area contributed by atoms with Crippen molar-refractivity contribution in [3.8, 4) is 11.7 Å². The normalized spacial score (nSPS) is 10.3. The maximum Gasteiger partial charge on any atom is 0.308 e. The highest BCUT2D eigenvalue weighted by molar-refractivity contribution is 5.71. The summed E-state index contributed by atoms with van der Waals surface area (Å²) in [4.78, 5) is 15.0. The highest BCUT2D eigenvalue weighted by Crippen LogP contribution is 2.19. The fourth-order valence-electron chi connectivity index (χ4n) is 1.72. The van der Waals surface area contributed by atoms with E-state index in [1.54, 1.807) is 12.1 Å². The molecule has 2 aromatic heterocycles. The van der Waals surface area contributed by atoms with Crippen LogP contribution < -0.4 is 4.74 Å². The minimum Gasteiger partial charge on any atom is -0.481 e. The van der Waals surface area contributed by atoms with Crippen LogP contribution in [0.15, 0.2) is 30.6 Å².